The van der Waals surface area contributed by atoms with Gasteiger partial charge in [-0.05, 0) is 18.6 Å². The molecule has 29 heavy (non-hydrogen) atoms. The molecule has 0 rings (SSSR count). The number of carboxylic acid groups (broad SMARTS) is 1. The van der Waals surface area contributed by atoms with Crippen LogP contribution in [0.1, 0.15) is 90.9 Å². The van der Waals surface area contributed by atoms with E-state index in [-0.39, 0.29) is 18.1 Å². The lowest BCUT2D eigenvalue weighted by atomic mass is 10.1. The summed E-state index contributed by atoms with van der Waals surface area (Å²) < 4.78 is 15.4. The van der Waals surface area contributed by atoms with E-state index in [4.69, 9.17) is 31.5 Å². The average molecular weight is 433 g/mol. The Labute approximate surface area is 179 Å². The van der Waals surface area contributed by atoms with Gasteiger partial charge >= 0.3 is 17.9 Å². The van der Waals surface area contributed by atoms with Crippen LogP contribution in [0.5, 0.6) is 0 Å². The van der Waals surface area contributed by atoms with Crippen LogP contribution >= 0.6 is 12.2 Å². The lowest BCUT2D eigenvalue weighted by Gasteiger charge is -2.18. The molecule has 0 aliphatic rings. The molecule has 0 saturated heterocycles. The van der Waals surface area contributed by atoms with E-state index in [2.05, 4.69) is 6.92 Å². The smallest absolute Gasteiger partial charge is 0.323 e. The summed E-state index contributed by atoms with van der Waals surface area (Å²) in [5.74, 6) is -2.83. The van der Waals surface area contributed by atoms with Gasteiger partial charge in [0.1, 0.15) is 6.42 Å². The molecule has 0 heterocycles. The predicted octanol–water partition coefficient (Wildman–Crippen LogP) is 4.59. The van der Waals surface area contributed by atoms with E-state index in [1.165, 1.54) is 44.9 Å². The van der Waals surface area contributed by atoms with Gasteiger partial charge in [0.25, 0.3) is 0 Å². The van der Waals surface area contributed by atoms with E-state index in [1.54, 1.807) is 6.92 Å². The van der Waals surface area contributed by atoms with E-state index in [0.717, 1.165) is 19.3 Å². The fourth-order valence-corrected chi connectivity index (χ4v) is 2.82. The quantitative estimate of drug-likeness (QED) is 0.145. The molecule has 0 aliphatic heterocycles. The number of hydrogen-bond donors (Lipinski definition) is 1. The van der Waals surface area contributed by atoms with Gasteiger partial charge in [-0.2, -0.15) is 0 Å². The molecule has 0 aromatic heterocycles. The summed E-state index contributed by atoms with van der Waals surface area (Å²) in [6, 6.07) is 0. The average Bonchev–Trinajstić information content (AvgIpc) is 2.66. The highest BCUT2D eigenvalue weighted by Gasteiger charge is 2.24. The van der Waals surface area contributed by atoms with Gasteiger partial charge < -0.3 is 19.3 Å². The summed E-state index contributed by atoms with van der Waals surface area (Å²) in [5, 5.41) is 8.30. The molecule has 0 spiro atoms. The molecule has 0 aliphatic carbocycles. The maximum absolute atomic E-state index is 11.5. The second-order valence-electron chi connectivity index (χ2n) is 6.95. The topological polar surface area (TPSA) is 99.1 Å². The van der Waals surface area contributed by atoms with Crippen LogP contribution in [0.3, 0.4) is 0 Å². The van der Waals surface area contributed by atoms with Crippen molar-refractivity contribution < 1.29 is 33.7 Å². The number of hydrogen-bond acceptors (Lipinski definition) is 7. The van der Waals surface area contributed by atoms with Gasteiger partial charge in [0, 0.05) is 13.0 Å². The number of aliphatic carboxylic acids is 1. The van der Waals surface area contributed by atoms with Gasteiger partial charge in [0.15, 0.2) is 6.10 Å². The summed E-state index contributed by atoms with van der Waals surface area (Å²) in [6.45, 7) is 4.31. The first-order valence-corrected chi connectivity index (χ1v) is 11.0. The third-order valence-corrected chi connectivity index (χ3v) is 4.59. The van der Waals surface area contributed by atoms with Crippen LogP contribution in [-0.2, 0) is 28.6 Å². The Bertz CT molecular complexity index is 493. The first kappa shape index (κ1) is 27.5. The van der Waals surface area contributed by atoms with E-state index < -0.39 is 30.4 Å². The van der Waals surface area contributed by atoms with Crippen LogP contribution in [0.15, 0.2) is 0 Å². The van der Waals surface area contributed by atoms with E-state index >= 15 is 0 Å². The maximum atomic E-state index is 11.5. The Morgan fingerprint density at radius 1 is 0.862 bits per heavy atom. The van der Waals surface area contributed by atoms with Crippen LogP contribution in [0.2, 0.25) is 0 Å². The second kappa shape index (κ2) is 18.5. The molecule has 0 fully saturated rings. The normalized spacial score (nSPS) is 11.7. The highest BCUT2D eigenvalue weighted by molar-refractivity contribution is 7.80. The minimum Gasteiger partial charge on any atom is -0.481 e. The van der Waals surface area contributed by atoms with Crippen molar-refractivity contribution in [3.05, 3.63) is 0 Å². The predicted molar refractivity (Wildman–Crippen MR) is 114 cm³/mol. The summed E-state index contributed by atoms with van der Waals surface area (Å²) >= 11 is 4.96. The van der Waals surface area contributed by atoms with Crippen molar-refractivity contribution in [1.29, 1.82) is 0 Å². The second-order valence-corrected chi connectivity index (χ2v) is 7.35. The van der Waals surface area contributed by atoms with Gasteiger partial charge in [-0.15, -0.1) is 0 Å². The van der Waals surface area contributed by atoms with Crippen molar-refractivity contribution in [2.45, 2.75) is 97.0 Å². The molecule has 1 atom stereocenters. The molecule has 0 radical (unpaired) electrons. The number of esters is 2. The molecule has 0 aromatic carbocycles. The number of thiocarbonyl (C=S) groups is 1. The van der Waals surface area contributed by atoms with E-state index in [9.17, 15) is 14.4 Å². The minimum absolute atomic E-state index is 0.0254. The van der Waals surface area contributed by atoms with Crippen LogP contribution in [0, 0.1) is 0 Å². The van der Waals surface area contributed by atoms with Crippen molar-refractivity contribution in [2.24, 2.45) is 0 Å². The van der Waals surface area contributed by atoms with Crippen LogP contribution < -0.4 is 0 Å². The van der Waals surface area contributed by atoms with Gasteiger partial charge in [-0.25, -0.2) is 0 Å². The molecule has 1 N–H and O–H groups in total. The number of rotatable bonds is 18. The molecule has 0 amide bonds. The van der Waals surface area contributed by atoms with Crippen molar-refractivity contribution >= 4 is 35.2 Å². The van der Waals surface area contributed by atoms with Crippen molar-refractivity contribution in [2.75, 3.05) is 13.2 Å². The molecule has 7 nitrogen and oxygen atoms in total. The van der Waals surface area contributed by atoms with E-state index in [0.29, 0.717) is 6.61 Å². The zero-order valence-electron chi connectivity index (χ0n) is 17.8. The molecule has 8 heteroatoms. The maximum Gasteiger partial charge on any atom is 0.323 e. The third-order valence-electron chi connectivity index (χ3n) is 4.25. The summed E-state index contributed by atoms with van der Waals surface area (Å²) in [5.41, 5.74) is 0. The molecule has 0 aromatic rings. The molecular formula is C21H36O7S. The summed E-state index contributed by atoms with van der Waals surface area (Å²) in [7, 11) is 0. The Morgan fingerprint density at radius 3 is 1.93 bits per heavy atom. The molecule has 0 bridgehead atoms. The molecule has 0 saturated carbocycles. The monoisotopic (exact) mass is 432 g/mol. The number of carbonyl (C=O) groups is 3. The fourth-order valence-electron chi connectivity index (χ4n) is 2.61. The van der Waals surface area contributed by atoms with Crippen LogP contribution in [0.25, 0.3) is 0 Å². The van der Waals surface area contributed by atoms with Crippen LogP contribution in [0.4, 0.5) is 0 Å². The molecule has 1 unspecified atom stereocenters. The van der Waals surface area contributed by atoms with Crippen molar-refractivity contribution in [3.8, 4) is 0 Å². The number of carbonyl (C=O) groups excluding carboxylic acids is 2. The first-order valence-electron chi connectivity index (χ1n) is 10.6. The van der Waals surface area contributed by atoms with Crippen molar-refractivity contribution in [3.63, 3.8) is 0 Å². The van der Waals surface area contributed by atoms with E-state index in [1.807, 2.05) is 0 Å². The lowest BCUT2D eigenvalue weighted by Crippen LogP contribution is -2.34. The summed E-state index contributed by atoms with van der Waals surface area (Å²) in [4.78, 5) is 33.5. The Kier molecular flexibility index (Phi) is 17.5. The number of unbranched alkanes of at least 4 members (excludes halogenated alkanes) is 9. The van der Waals surface area contributed by atoms with Gasteiger partial charge in [0.05, 0.1) is 6.61 Å². The van der Waals surface area contributed by atoms with Crippen molar-refractivity contribution in [1.82, 2.24) is 0 Å². The van der Waals surface area contributed by atoms with Crippen LogP contribution in [-0.4, -0.2) is 47.4 Å². The third kappa shape index (κ3) is 17.1. The highest BCUT2D eigenvalue weighted by atomic mass is 32.1. The SMILES string of the molecule is CCCCCCCCCCCCOCC(OC(=O)CC)C(=S)OC(=O)CC(=O)O. The Morgan fingerprint density at radius 2 is 1.41 bits per heavy atom. The van der Waals surface area contributed by atoms with Gasteiger partial charge in [0.2, 0.25) is 5.05 Å². The summed E-state index contributed by atoms with van der Waals surface area (Å²) in [6.07, 6.45) is 10.5. The zero-order chi connectivity index (χ0) is 21.9. The Hall–Kier alpha value is -1.54. The van der Waals surface area contributed by atoms with Gasteiger partial charge in [-0.3, -0.25) is 14.4 Å². The first-order chi connectivity index (χ1) is 13.9. The Balaban J connectivity index is 4.00. The standard InChI is InChI=1S/C21H36O7S/c1-3-5-6-7-8-9-10-11-12-13-14-26-16-17(27-19(24)4-2)21(29)28-20(25)15-18(22)23/h17H,3-16H2,1-2H3,(H,22,23). The van der Waals surface area contributed by atoms with Gasteiger partial charge in [-0.1, -0.05) is 71.6 Å². The number of ether oxygens (including phenoxy) is 3. The largest absolute Gasteiger partial charge is 0.481 e. The minimum atomic E-state index is -1.32. The lowest BCUT2D eigenvalue weighted by molar-refractivity contribution is -0.152. The molecular weight excluding hydrogens is 396 g/mol. The zero-order valence-corrected chi connectivity index (χ0v) is 18.6. The number of carboxylic acids is 1. The highest BCUT2D eigenvalue weighted by Crippen LogP contribution is 2.11. The fraction of sp³-hybridized carbons (Fsp3) is 0.810. The molecule has 168 valence electrons.